The zero-order valence-corrected chi connectivity index (χ0v) is 12.0. The maximum Gasteiger partial charge on any atom is 0.315 e. The predicted molar refractivity (Wildman–Crippen MR) is 77.4 cm³/mol. The Labute approximate surface area is 124 Å². The highest BCUT2D eigenvalue weighted by Gasteiger charge is 2.40. The topological polar surface area (TPSA) is 50.4 Å². The number of urea groups is 1. The predicted octanol–water partition coefficient (Wildman–Crippen LogP) is 2.68. The molecule has 0 aromatic heterocycles. The molecule has 1 aromatic carbocycles. The molecule has 0 bridgehead atoms. The van der Waals surface area contributed by atoms with E-state index in [9.17, 15) is 9.18 Å². The van der Waals surface area contributed by atoms with Crippen molar-refractivity contribution in [3.8, 4) is 0 Å². The van der Waals surface area contributed by atoms with Crippen LogP contribution in [0.1, 0.15) is 37.7 Å². The molecule has 21 heavy (non-hydrogen) atoms. The molecule has 0 spiro atoms. The molecule has 114 valence electrons. The molecule has 2 fully saturated rings. The molecule has 3 rings (SSSR count). The van der Waals surface area contributed by atoms with Gasteiger partial charge in [0.25, 0.3) is 0 Å². The molecule has 1 aliphatic carbocycles. The van der Waals surface area contributed by atoms with E-state index < -0.39 is 0 Å². The van der Waals surface area contributed by atoms with Crippen molar-refractivity contribution in [1.29, 1.82) is 0 Å². The first-order valence-electron chi connectivity index (χ1n) is 7.62. The summed E-state index contributed by atoms with van der Waals surface area (Å²) >= 11 is 0. The second kappa shape index (κ2) is 6.02. The van der Waals surface area contributed by atoms with E-state index in [-0.39, 0.29) is 23.5 Å². The summed E-state index contributed by atoms with van der Waals surface area (Å²) in [6.07, 6.45) is 5.07. The molecule has 1 aliphatic heterocycles. The van der Waals surface area contributed by atoms with E-state index >= 15 is 0 Å². The molecule has 2 aliphatic rings. The minimum atomic E-state index is -0.339. The number of hydrogen-bond donors (Lipinski definition) is 2. The van der Waals surface area contributed by atoms with Gasteiger partial charge in [0.15, 0.2) is 0 Å². The Balaban J connectivity index is 1.58. The van der Waals surface area contributed by atoms with Crippen LogP contribution >= 0.6 is 0 Å². The summed E-state index contributed by atoms with van der Waals surface area (Å²) in [7, 11) is 0. The van der Waals surface area contributed by atoms with Crippen LogP contribution in [-0.2, 0) is 10.3 Å². The summed E-state index contributed by atoms with van der Waals surface area (Å²) in [5, 5.41) is 5.94. The van der Waals surface area contributed by atoms with Gasteiger partial charge in [0.05, 0.1) is 11.6 Å². The van der Waals surface area contributed by atoms with Crippen molar-refractivity contribution < 1.29 is 13.9 Å². The number of carbonyl (C=O) groups excluding carboxylic acids is 1. The van der Waals surface area contributed by atoms with E-state index in [0.717, 1.165) is 44.3 Å². The number of hydrogen-bond acceptors (Lipinski definition) is 2. The lowest BCUT2D eigenvalue weighted by Crippen LogP contribution is -2.54. The fourth-order valence-corrected chi connectivity index (χ4v) is 3.06. The van der Waals surface area contributed by atoms with Crippen LogP contribution in [0.15, 0.2) is 24.3 Å². The van der Waals surface area contributed by atoms with Gasteiger partial charge in [-0.2, -0.15) is 0 Å². The van der Waals surface area contributed by atoms with Crippen molar-refractivity contribution in [2.75, 3.05) is 13.2 Å². The standard InChI is InChI=1S/C16H21FN2O2/c17-13-6-4-12(5-7-13)16(8-2-9-16)19-15(20)18-11-14-3-1-10-21-14/h4-7,14H,1-3,8-11H2,(H2,18,19,20)/t14-/m1/s1. The summed E-state index contributed by atoms with van der Waals surface area (Å²) in [5.41, 5.74) is 0.635. The Kier molecular flexibility index (Phi) is 4.10. The van der Waals surface area contributed by atoms with Crippen LogP contribution in [-0.4, -0.2) is 25.3 Å². The lowest BCUT2D eigenvalue weighted by Gasteiger charge is -2.43. The Morgan fingerprint density at radius 2 is 2.05 bits per heavy atom. The molecule has 2 N–H and O–H groups in total. The fourth-order valence-electron chi connectivity index (χ4n) is 3.06. The van der Waals surface area contributed by atoms with Gasteiger partial charge in [0.1, 0.15) is 5.82 Å². The molecule has 1 saturated heterocycles. The van der Waals surface area contributed by atoms with E-state index in [1.807, 2.05) is 0 Å². The molecule has 1 aromatic rings. The van der Waals surface area contributed by atoms with Gasteiger partial charge < -0.3 is 15.4 Å². The minimum Gasteiger partial charge on any atom is -0.376 e. The first-order valence-corrected chi connectivity index (χ1v) is 7.62. The fraction of sp³-hybridized carbons (Fsp3) is 0.562. The third-order valence-corrected chi connectivity index (χ3v) is 4.47. The van der Waals surface area contributed by atoms with Crippen LogP contribution in [0, 0.1) is 5.82 Å². The average molecular weight is 292 g/mol. The highest BCUT2D eigenvalue weighted by atomic mass is 19.1. The van der Waals surface area contributed by atoms with Crippen LogP contribution in [0.3, 0.4) is 0 Å². The van der Waals surface area contributed by atoms with Crippen molar-refractivity contribution in [2.24, 2.45) is 0 Å². The number of rotatable bonds is 4. The summed E-state index contributed by atoms with van der Waals surface area (Å²) in [6, 6.07) is 6.24. The van der Waals surface area contributed by atoms with E-state index in [0.29, 0.717) is 6.54 Å². The van der Waals surface area contributed by atoms with E-state index in [1.165, 1.54) is 12.1 Å². The first-order chi connectivity index (χ1) is 10.2. The first kappa shape index (κ1) is 14.3. The van der Waals surface area contributed by atoms with Crippen LogP contribution in [0.25, 0.3) is 0 Å². The van der Waals surface area contributed by atoms with Crippen molar-refractivity contribution in [3.63, 3.8) is 0 Å². The zero-order chi connectivity index (χ0) is 14.7. The number of nitrogens with one attached hydrogen (secondary N) is 2. The molecular weight excluding hydrogens is 271 g/mol. The van der Waals surface area contributed by atoms with Crippen LogP contribution in [0.4, 0.5) is 9.18 Å². The van der Waals surface area contributed by atoms with Crippen LogP contribution in [0.5, 0.6) is 0 Å². The highest BCUT2D eigenvalue weighted by molar-refractivity contribution is 5.75. The smallest absolute Gasteiger partial charge is 0.315 e. The van der Waals surface area contributed by atoms with Crippen LogP contribution < -0.4 is 10.6 Å². The van der Waals surface area contributed by atoms with Gasteiger partial charge in [-0.1, -0.05) is 12.1 Å². The SMILES string of the molecule is O=C(NC[C@H]1CCCO1)NC1(c2ccc(F)cc2)CCC1. The quantitative estimate of drug-likeness (QED) is 0.896. The van der Waals surface area contributed by atoms with Crippen LogP contribution in [0.2, 0.25) is 0 Å². The van der Waals surface area contributed by atoms with Crippen molar-refractivity contribution in [3.05, 3.63) is 35.6 Å². The Hall–Kier alpha value is -1.62. The van der Waals surface area contributed by atoms with Gasteiger partial charge in [0, 0.05) is 13.2 Å². The summed E-state index contributed by atoms with van der Waals surface area (Å²) in [4.78, 5) is 12.1. The Morgan fingerprint density at radius 3 is 2.62 bits per heavy atom. The second-order valence-electron chi connectivity index (χ2n) is 5.91. The van der Waals surface area contributed by atoms with Gasteiger partial charge in [-0.05, 0) is 49.8 Å². The summed E-state index contributed by atoms with van der Waals surface area (Å²) in [5.74, 6) is -0.254. The average Bonchev–Trinajstić information content (AvgIpc) is 2.95. The number of benzene rings is 1. The number of carbonyl (C=O) groups is 1. The minimum absolute atomic E-state index is 0.138. The zero-order valence-electron chi connectivity index (χ0n) is 12.0. The normalized spacial score (nSPS) is 23.4. The number of halogens is 1. The highest BCUT2D eigenvalue weighted by Crippen LogP contribution is 2.41. The lowest BCUT2D eigenvalue weighted by atomic mass is 9.72. The molecule has 2 amide bonds. The van der Waals surface area contributed by atoms with Crippen molar-refractivity contribution >= 4 is 6.03 Å². The molecule has 1 saturated carbocycles. The monoisotopic (exact) mass is 292 g/mol. The van der Waals surface area contributed by atoms with E-state index in [1.54, 1.807) is 12.1 Å². The molecule has 5 heteroatoms. The van der Waals surface area contributed by atoms with E-state index in [4.69, 9.17) is 4.74 Å². The van der Waals surface area contributed by atoms with Crippen molar-refractivity contribution in [2.45, 2.75) is 43.7 Å². The summed E-state index contributed by atoms with van der Waals surface area (Å²) in [6.45, 7) is 1.33. The Morgan fingerprint density at radius 1 is 1.29 bits per heavy atom. The maximum atomic E-state index is 13.0. The molecule has 4 nitrogen and oxygen atoms in total. The van der Waals surface area contributed by atoms with E-state index in [2.05, 4.69) is 10.6 Å². The molecule has 0 unspecified atom stereocenters. The molecule has 0 radical (unpaired) electrons. The van der Waals surface area contributed by atoms with Gasteiger partial charge >= 0.3 is 6.03 Å². The number of ether oxygens (including phenoxy) is 1. The summed E-state index contributed by atoms with van der Waals surface area (Å²) < 4.78 is 18.5. The largest absolute Gasteiger partial charge is 0.376 e. The molecular formula is C16H21FN2O2. The third-order valence-electron chi connectivity index (χ3n) is 4.47. The number of amides is 2. The van der Waals surface area contributed by atoms with Gasteiger partial charge in [0.2, 0.25) is 0 Å². The van der Waals surface area contributed by atoms with Gasteiger partial charge in [-0.25, -0.2) is 9.18 Å². The van der Waals surface area contributed by atoms with Crippen molar-refractivity contribution in [1.82, 2.24) is 10.6 Å². The molecule has 1 heterocycles. The third kappa shape index (κ3) is 3.18. The van der Waals surface area contributed by atoms with Gasteiger partial charge in [-0.15, -0.1) is 0 Å². The Bertz CT molecular complexity index is 494. The second-order valence-corrected chi connectivity index (χ2v) is 5.91. The molecule has 1 atom stereocenters. The lowest BCUT2D eigenvalue weighted by molar-refractivity contribution is 0.109. The van der Waals surface area contributed by atoms with Gasteiger partial charge in [-0.3, -0.25) is 0 Å². The maximum absolute atomic E-state index is 13.0.